The molecule has 0 unspecified atom stereocenters. The van der Waals surface area contributed by atoms with Crippen LogP contribution in [0.3, 0.4) is 0 Å². The van der Waals surface area contributed by atoms with E-state index in [9.17, 15) is 5.11 Å². The zero-order valence-electron chi connectivity index (χ0n) is 10.4. The molecule has 1 aromatic rings. The highest BCUT2D eigenvalue weighted by Gasteiger charge is 2.22. The summed E-state index contributed by atoms with van der Waals surface area (Å²) in [5.41, 5.74) is 0.527. The Hall–Kier alpha value is -1.17. The van der Waals surface area contributed by atoms with Crippen LogP contribution >= 0.6 is 23.2 Å². The number of rotatable bonds is 2. The first kappa shape index (κ1) is 14.2. The van der Waals surface area contributed by atoms with Crippen molar-refractivity contribution in [2.45, 2.75) is 31.7 Å². The van der Waals surface area contributed by atoms with E-state index >= 15 is 0 Å². The fraction of sp³-hybridized carbons (Fsp3) is 0.400. The third-order valence-corrected chi connectivity index (χ3v) is 3.91. The van der Waals surface area contributed by atoms with E-state index in [-0.39, 0.29) is 22.7 Å². The summed E-state index contributed by atoms with van der Waals surface area (Å²) in [7, 11) is 0. The molecule has 1 aliphatic carbocycles. The molecule has 0 radical (unpaired) electrons. The van der Waals surface area contributed by atoms with Gasteiger partial charge in [-0.3, -0.25) is 4.99 Å². The Labute approximate surface area is 123 Å². The highest BCUT2D eigenvalue weighted by molar-refractivity contribution is 6.36. The van der Waals surface area contributed by atoms with Crippen LogP contribution in [0, 0.1) is 18.3 Å². The molecule has 1 saturated carbocycles. The van der Waals surface area contributed by atoms with Gasteiger partial charge in [0, 0.05) is 22.7 Å². The van der Waals surface area contributed by atoms with E-state index in [0.29, 0.717) is 10.6 Å². The Morgan fingerprint density at radius 2 is 2.05 bits per heavy atom. The standard InChI is InChI=1S/C15H15Cl2NO/c1-2-10-5-3-4-6-14(10)18-9-11-7-12(16)8-13(17)15(11)19/h1,7-10,14,19H,3-6H2/t10-,14+/m1/s1. The normalized spacial score (nSPS) is 23.4. The van der Waals surface area contributed by atoms with Crippen molar-refractivity contribution in [2.75, 3.05) is 0 Å². The smallest absolute Gasteiger partial charge is 0.143 e. The van der Waals surface area contributed by atoms with E-state index in [1.807, 2.05) is 0 Å². The van der Waals surface area contributed by atoms with Crippen molar-refractivity contribution in [3.63, 3.8) is 0 Å². The second-order valence-electron chi connectivity index (χ2n) is 4.73. The molecule has 0 spiro atoms. The summed E-state index contributed by atoms with van der Waals surface area (Å²) < 4.78 is 0. The molecule has 0 amide bonds. The summed E-state index contributed by atoms with van der Waals surface area (Å²) in [5.74, 6) is 2.98. The quantitative estimate of drug-likeness (QED) is 0.640. The van der Waals surface area contributed by atoms with Gasteiger partial charge in [0.15, 0.2) is 0 Å². The lowest BCUT2D eigenvalue weighted by Crippen LogP contribution is -2.21. The molecule has 2 rings (SSSR count). The van der Waals surface area contributed by atoms with E-state index in [4.69, 9.17) is 29.6 Å². The van der Waals surface area contributed by atoms with Crippen molar-refractivity contribution in [1.29, 1.82) is 0 Å². The highest BCUT2D eigenvalue weighted by Crippen LogP contribution is 2.31. The van der Waals surface area contributed by atoms with Gasteiger partial charge in [0.05, 0.1) is 11.1 Å². The second-order valence-corrected chi connectivity index (χ2v) is 5.57. The van der Waals surface area contributed by atoms with Crippen LogP contribution in [-0.4, -0.2) is 17.4 Å². The van der Waals surface area contributed by atoms with Crippen molar-refractivity contribution >= 4 is 29.4 Å². The number of hydrogen-bond acceptors (Lipinski definition) is 2. The predicted molar refractivity (Wildman–Crippen MR) is 80.3 cm³/mol. The average Bonchev–Trinajstić information content (AvgIpc) is 2.41. The number of benzene rings is 1. The molecule has 2 atom stereocenters. The van der Waals surface area contributed by atoms with Crippen LogP contribution < -0.4 is 0 Å². The van der Waals surface area contributed by atoms with E-state index < -0.39 is 0 Å². The van der Waals surface area contributed by atoms with Gasteiger partial charge in [0.1, 0.15) is 5.75 Å². The zero-order valence-corrected chi connectivity index (χ0v) is 12.0. The van der Waals surface area contributed by atoms with E-state index in [2.05, 4.69) is 10.9 Å². The maximum atomic E-state index is 9.85. The number of halogens is 2. The monoisotopic (exact) mass is 295 g/mol. The minimum Gasteiger partial charge on any atom is -0.506 e. The van der Waals surface area contributed by atoms with Gasteiger partial charge in [-0.15, -0.1) is 12.3 Å². The van der Waals surface area contributed by atoms with E-state index in [1.165, 1.54) is 6.07 Å². The van der Waals surface area contributed by atoms with Crippen LogP contribution in [0.4, 0.5) is 0 Å². The molecule has 0 heterocycles. The lowest BCUT2D eigenvalue weighted by Gasteiger charge is -2.24. The van der Waals surface area contributed by atoms with Gasteiger partial charge in [0.2, 0.25) is 0 Å². The van der Waals surface area contributed by atoms with Gasteiger partial charge in [-0.05, 0) is 25.0 Å². The summed E-state index contributed by atoms with van der Waals surface area (Å²) in [5, 5.41) is 10.6. The highest BCUT2D eigenvalue weighted by atomic mass is 35.5. The van der Waals surface area contributed by atoms with Crippen molar-refractivity contribution in [2.24, 2.45) is 10.9 Å². The van der Waals surface area contributed by atoms with Crippen LogP contribution in [0.1, 0.15) is 31.2 Å². The lowest BCUT2D eigenvalue weighted by atomic mass is 9.85. The van der Waals surface area contributed by atoms with Gasteiger partial charge >= 0.3 is 0 Å². The third kappa shape index (κ3) is 3.43. The third-order valence-electron chi connectivity index (χ3n) is 3.41. The zero-order chi connectivity index (χ0) is 13.8. The SMILES string of the molecule is C#C[C@@H]1CCCC[C@@H]1N=Cc1cc(Cl)cc(Cl)c1O. The largest absolute Gasteiger partial charge is 0.506 e. The minimum absolute atomic E-state index is 0.00267. The van der Waals surface area contributed by atoms with Crippen LogP contribution in [-0.2, 0) is 0 Å². The molecule has 0 aromatic heterocycles. The molecule has 1 fully saturated rings. The number of phenols is 1. The summed E-state index contributed by atoms with van der Waals surface area (Å²) in [6.45, 7) is 0. The topological polar surface area (TPSA) is 32.6 Å². The fourth-order valence-electron chi connectivity index (χ4n) is 2.34. The van der Waals surface area contributed by atoms with Crippen LogP contribution in [0.2, 0.25) is 10.0 Å². The number of nitrogens with zero attached hydrogens (tertiary/aromatic N) is 1. The van der Waals surface area contributed by atoms with Crippen LogP contribution in [0.15, 0.2) is 17.1 Å². The summed E-state index contributed by atoms with van der Waals surface area (Å²) in [6, 6.07) is 3.26. The van der Waals surface area contributed by atoms with Gasteiger partial charge in [-0.2, -0.15) is 0 Å². The molecule has 19 heavy (non-hydrogen) atoms. The summed E-state index contributed by atoms with van der Waals surface area (Å²) in [6.07, 6.45) is 11.4. The molecule has 0 saturated heterocycles. The predicted octanol–water partition coefficient (Wildman–Crippen LogP) is 4.31. The molecular weight excluding hydrogens is 281 g/mol. The summed E-state index contributed by atoms with van der Waals surface area (Å²) >= 11 is 11.8. The van der Waals surface area contributed by atoms with E-state index in [0.717, 1.165) is 25.7 Å². The molecule has 1 aromatic carbocycles. The van der Waals surface area contributed by atoms with Crippen LogP contribution in [0.5, 0.6) is 5.75 Å². The Morgan fingerprint density at radius 3 is 2.79 bits per heavy atom. The van der Waals surface area contributed by atoms with Crippen molar-refractivity contribution in [3.8, 4) is 18.1 Å². The Bertz CT molecular complexity index is 534. The molecule has 100 valence electrons. The molecule has 2 nitrogen and oxygen atoms in total. The van der Waals surface area contributed by atoms with Gasteiger partial charge < -0.3 is 5.11 Å². The molecular formula is C15H15Cl2NO. The molecule has 1 N–H and O–H groups in total. The number of terminal acetylenes is 1. The number of aliphatic imine (C=N–C) groups is 1. The number of phenolic OH excluding ortho intramolecular Hbond substituents is 1. The molecule has 0 aliphatic heterocycles. The maximum Gasteiger partial charge on any atom is 0.143 e. The Morgan fingerprint density at radius 1 is 1.32 bits per heavy atom. The number of hydrogen-bond donors (Lipinski definition) is 1. The first-order valence-corrected chi connectivity index (χ1v) is 7.04. The van der Waals surface area contributed by atoms with Gasteiger partial charge in [-0.25, -0.2) is 0 Å². The van der Waals surface area contributed by atoms with Gasteiger partial charge in [0.25, 0.3) is 0 Å². The Balaban J connectivity index is 2.20. The maximum absolute atomic E-state index is 9.85. The van der Waals surface area contributed by atoms with Crippen molar-refractivity contribution < 1.29 is 5.11 Å². The number of aromatic hydroxyl groups is 1. The second kappa shape index (κ2) is 6.32. The lowest BCUT2D eigenvalue weighted by molar-refractivity contribution is 0.375. The Kier molecular flexibility index (Phi) is 4.74. The van der Waals surface area contributed by atoms with Crippen LogP contribution in [0.25, 0.3) is 0 Å². The first-order valence-electron chi connectivity index (χ1n) is 6.29. The fourth-order valence-corrected chi connectivity index (χ4v) is 2.85. The minimum atomic E-state index is 0.00267. The molecule has 4 heteroatoms. The molecule has 0 bridgehead atoms. The van der Waals surface area contributed by atoms with Crippen molar-refractivity contribution in [1.82, 2.24) is 0 Å². The summed E-state index contributed by atoms with van der Waals surface area (Å²) in [4.78, 5) is 4.50. The molecule has 1 aliphatic rings. The average molecular weight is 296 g/mol. The first-order chi connectivity index (χ1) is 9.11. The van der Waals surface area contributed by atoms with E-state index in [1.54, 1.807) is 12.3 Å². The van der Waals surface area contributed by atoms with Gasteiger partial charge in [-0.1, -0.05) is 36.0 Å². The van der Waals surface area contributed by atoms with Crippen molar-refractivity contribution in [3.05, 3.63) is 27.7 Å².